The number of hydrazone groups is 1. The Hall–Kier alpha value is -1.32. The van der Waals surface area contributed by atoms with Crippen molar-refractivity contribution < 1.29 is 9.90 Å². The lowest BCUT2D eigenvalue weighted by molar-refractivity contribution is 0.0949. The van der Waals surface area contributed by atoms with Gasteiger partial charge in [0.2, 0.25) is 0 Å². The maximum atomic E-state index is 11.7. The van der Waals surface area contributed by atoms with Crippen molar-refractivity contribution >= 4 is 59.9 Å². The molecule has 0 saturated heterocycles. The zero-order chi connectivity index (χ0) is 15.4. The highest BCUT2D eigenvalue weighted by molar-refractivity contribution is 9.11. The lowest BCUT2D eigenvalue weighted by Crippen LogP contribution is -2.19. The number of hydrogen-bond donors (Lipinski definition) is 2. The fourth-order valence-corrected chi connectivity index (χ4v) is 3.67. The predicted octanol–water partition coefficient (Wildman–Crippen LogP) is 3.23. The van der Waals surface area contributed by atoms with Gasteiger partial charge in [0.25, 0.3) is 5.91 Å². The molecule has 0 fully saturated rings. The fraction of sp³-hybridized carbons (Fsp3) is 0. The average molecular weight is 479 g/mol. The van der Waals surface area contributed by atoms with Crippen LogP contribution in [0.3, 0.4) is 0 Å². The first-order valence-electron chi connectivity index (χ1n) is 5.46. The molecule has 9 heteroatoms. The highest BCUT2D eigenvalue weighted by atomic mass is 79.9. The molecule has 0 aliphatic rings. The predicted molar refractivity (Wildman–Crippen MR) is 88.3 cm³/mol. The Labute approximate surface area is 145 Å². The Kier molecular flexibility index (Phi) is 5.43. The van der Waals surface area contributed by atoms with E-state index in [2.05, 4.69) is 68.3 Å². The molecule has 2 N–H and O–H groups in total. The van der Waals surface area contributed by atoms with Crippen molar-refractivity contribution in [3.63, 3.8) is 0 Å². The molecule has 0 aliphatic heterocycles. The van der Waals surface area contributed by atoms with Crippen LogP contribution in [0.1, 0.15) is 16.1 Å². The number of nitrogens with zero attached hydrogens (tertiary/aromatic N) is 3. The quantitative estimate of drug-likeness (QED) is 0.523. The number of hydrogen-bond acceptors (Lipinski definition) is 5. The van der Waals surface area contributed by atoms with Gasteiger partial charge in [-0.15, -0.1) is 0 Å². The van der Waals surface area contributed by atoms with Crippen LogP contribution >= 0.6 is 47.8 Å². The van der Waals surface area contributed by atoms with E-state index in [1.54, 1.807) is 6.07 Å². The van der Waals surface area contributed by atoms with Crippen LogP contribution in [0.4, 0.5) is 0 Å². The Morgan fingerprint density at radius 1 is 1.29 bits per heavy atom. The molecule has 1 heterocycles. The molecule has 0 spiro atoms. The summed E-state index contributed by atoms with van der Waals surface area (Å²) in [6.07, 6.45) is 5.62. The third-order valence-electron chi connectivity index (χ3n) is 2.34. The van der Waals surface area contributed by atoms with Gasteiger partial charge in [-0.25, -0.2) is 10.4 Å². The molecule has 0 unspecified atom stereocenters. The molecule has 0 aliphatic carbocycles. The molecule has 2 rings (SSSR count). The molecule has 1 aromatic heterocycles. The zero-order valence-corrected chi connectivity index (χ0v) is 15.0. The summed E-state index contributed by atoms with van der Waals surface area (Å²) < 4.78 is 1.67. The molecular formula is C12H7Br3N4O2. The van der Waals surface area contributed by atoms with Gasteiger partial charge in [-0.1, -0.05) is 15.9 Å². The second-order valence-electron chi connectivity index (χ2n) is 3.71. The molecule has 0 atom stereocenters. The van der Waals surface area contributed by atoms with Gasteiger partial charge < -0.3 is 5.11 Å². The number of carbonyl (C=O) groups excluding carboxylic acids is 1. The maximum Gasteiger partial charge on any atom is 0.291 e. The van der Waals surface area contributed by atoms with Gasteiger partial charge in [-0.3, -0.25) is 9.78 Å². The van der Waals surface area contributed by atoms with Gasteiger partial charge in [0, 0.05) is 22.4 Å². The summed E-state index contributed by atoms with van der Waals surface area (Å²) in [4.78, 5) is 19.4. The van der Waals surface area contributed by atoms with Crippen molar-refractivity contribution in [3.8, 4) is 5.75 Å². The van der Waals surface area contributed by atoms with Crippen molar-refractivity contribution in [2.75, 3.05) is 0 Å². The largest absolute Gasteiger partial charge is 0.506 e. The van der Waals surface area contributed by atoms with Crippen LogP contribution < -0.4 is 5.43 Å². The molecule has 21 heavy (non-hydrogen) atoms. The summed E-state index contributed by atoms with van der Waals surface area (Å²) >= 11 is 9.82. The topological polar surface area (TPSA) is 87.5 Å². The molecule has 0 bridgehead atoms. The van der Waals surface area contributed by atoms with E-state index >= 15 is 0 Å². The van der Waals surface area contributed by atoms with Crippen LogP contribution in [-0.4, -0.2) is 27.2 Å². The average Bonchev–Trinajstić information content (AvgIpc) is 2.49. The fourth-order valence-electron chi connectivity index (χ4n) is 1.34. The molecule has 0 radical (unpaired) electrons. The van der Waals surface area contributed by atoms with Gasteiger partial charge in [0.15, 0.2) is 0 Å². The molecule has 6 nitrogen and oxygen atoms in total. The van der Waals surface area contributed by atoms with Crippen molar-refractivity contribution in [1.29, 1.82) is 0 Å². The lowest BCUT2D eigenvalue weighted by Gasteiger charge is -2.06. The highest BCUT2D eigenvalue weighted by Crippen LogP contribution is 2.38. The summed E-state index contributed by atoms with van der Waals surface area (Å²) in [5.41, 5.74) is 3.07. The number of halogens is 3. The van der Waals surface area contributed by atoms with E-state index in [-0.39, 0.29) is 11.4 Å². The standard InChI is InChI=1S/C12H7Br3N4O2/c13-7-3-8(14)11(20)10(15)6(7)4-18-19-12(21)9-5-16-1-2-17-9/h1-5,20H,(H,19,21)/b18-4+. The second-order valence-corrected chi connectivity index (χ2v) is 6.21. The first kappa shape index (κ1) is 16.1. The minimum Gasteiger partial charge on any atom is -0.506 e. The summed E-state index contributed by atoms with van der Waals surface area (Å²) in [5.74, 6) is -0.437. The van der Waals surface area contributed by atoms with E-state index in [4.69, 9.17) is 0 Å². The Morgan fingerprint density at radius 2 is 2.05 bits per heavy atom. The van der Waals surface area contributed by atoms with Crippen molar-refractivity contribution in [3.05, 3.63) is 49.3 Å². The Balaban J connectivity index is 2.16. The third-order valence-corrected chi connectivity index (χ3v) is 4.40. The van der Waals surface area contributed by atoms with E-state index in [0.717, 1.165) is 0 Å². The number of nitrogens with one attached hydrogen (secondary N) is 1. The molecule has 108 valence electrons. The van der Waals surface area contributed by atoms with E-state index in [1.165, 1.54) is 24.8 Å². The summed E-state index contributed by atoms with van der Waals surface area (Å²) in [7, 11) is 0. The molecular weight excluding hydrogens is 472 g/mol. The number of amides is 1. The highest BCUT2D eigenvalue weighted by Gasteiger charge is 2.12. The monoisotopic (exact) mass is 476 g/mol. The number of phenolic OH excluding ortho intramolecular Hbond substituents is 1. The minimum absolute atomic E-state index is 0.0416. The smallest absolute Gasteiger partial charge is 0.291 e. The van der Waals surface area contributed by atoms with Gasteiger partial charge in [0.1, 0.15) is 11.4 Å². The Morgan fingerprint density at radius 3 is 2.71 bits per heavy atom. The van der Waals surface area contributed by atoms with Crippen molar-refractivity contribution in [1.82, 2.24) is 15.4 Å². The van der Waals surface area contributed by atoms with Crippen LogP contribution in [0.15, 0.2) is 43.2 Å². The van der Waals surface area contributed by atoms with Crippen LogP contribution in [0.25, 0.3) is 0 Å². The van der Waals surface area contributed by atoms with Gasteiger partial charge in [-0.2, -0.15) is 5.10 Å². The zero-order valence-electron chi connectivity index (χ0n) is 10.2. The van der Waals surface area contributed by atoms with Crippen LogP contribution in [0, 0.1) is 0 Å². The molecule has 1 aromatic carbocycles. The summed E-state index contributed by atoms with van der Waals surface area (Å²) in [6.45, 7) is 0. The van der Waals surface area contributed by atoms with Crippen LogP contribution in [-0.2, 0) is 0 Å². The Bertz CT molecular complexity index is 707. The number of rotatable bonds is 3. The third kappa shape index (κ3) is 3.86. The molecule has 2 aromatic rings. The molecule has 1 amide bonds. The lowest BCUT2D eigenvalue weighted by atomic mass is 10.2. The van der Waals surface area contributed by atoms with Crippen molar-refractivity contribution in [2.45, 2.75) is 0 Å². The number of benzene rings is 1. The van der Waals surface area contributed by atoms with Crippen LogP contribution in [0.2, 0.25) is 0 Å². The van der Waals surface area contributed by atoms with Crippen molar-refractivity contribution in [2.24, 2.45) is 5.10 Å². The van der Waals surface area contributed by atoms with E-state index < -0.39 is 5.91 Å². The summed E-state index contributed by atoms with van der Waals surface area (Å²) in [6, 6.07) is 1.67. The van der Waals surface area contributed by atoms with Crippen LogP contribution in [0.5, 0.6) is 5.75 Å². The van der Waals surface area contributed by atoms with Gasteiger partial charge in [0.05, 0.1) is 21.4 Å². The second kappa shape index (κ2) is 7.10. The van der Waals surface area contributed by atoms with Gasteiger partial charge >= 0.3 is 0 Å². The first-order valence-corrected chi connectivity index (χ1v) is 7.84. The first-order chi connectivity index (χ1) is 10.0. The normalized spacial score (nSPS) is 10.8. The number of carbonyl (C=O) groups is 1. The summed E-state index contributed by atoms with van der Waals surface area (Å²) in [5, 5.41) is 13.6. The van der Waals surface area contributed by atoms with E-state index in [0.29, 0.717) is 19.0 Å². The molecule has 0 saturated carbocycles. The maximum absolute atomic E-state index is 11.7. The van der Waals surface area contributed by atoms with E-state index in [1.807, 2.05) is 0 Å². The minimum atomic E-state index is -0.479. The number of phenols is 1. The SMILES string of the molecule is O=C(N/N=C/c1c(Br)cc(Br)c(O)c1Br)c1cnccn1. The number of aromatic nitrogens is 2. The van der Waals surface area contributed by atoms with Gasteiger partial charge in [-0.05, 0) is 37.9 Å². The van der Waals surface area contributed by atoms with E-state index in [9.17, 15) is 9.90 Å². The number of aromatic hydroxyl groups is 1.